The maximum absolute atomic E-state index is 12.7. The Morgan fingerprint density at radius 3 is 2.13 bits per heavy atom. The van der Waals surface area contributed by atoms with Gasteiger partial charge in [0.15, 0.2) is 0 Å². The Morgan fingerprint density at radius 1 is 0.957 bits per heavy atom. The highest BCUT2D eigenvalue weighted by atomic mass is 32.3. The van der Waals surface area contributed by atoms with Crippen molar-refractivity contribution in [3.63, 3.8) is 0 Å². The van der Waals surface area contributed by atoms with Gasteiger partial charge in [0.1, 0.15) is 0 Å². The Hall–Kier alpha value is -2.80. The summed E-state index contributed by atoms with van der Waals surface area (Å²) in [6.45, 7) is 0. The zero-order valence-corrected chi connectivity index (χ0v) is 12.6. The van der Waals surface area contributed by atoms with Crippen molar-refractivity contribution in [2.24, 2.45) is 0 Å². The molecule has 118 valence electrons. The summed E-state index contributed by atoms with van der Waals surface area (Å²) in [4.78, 5) is 9.81. The number of nitro groups is 1. The van der Waals surface area contributed by atoms with Crippen molar-refractivity contribution < 1.29 is 17.2 Å². The van der Waals surface area contributed by atoms with Gasteiger partial charge in [-0.1, -0.05) is 48.6 Å². The smallest absolute Gasteiger partial charge is 0.258 e. The number of hydrogen-bond acceptors (Lipinski definition) is 4. The molecule has 7 heteroatoms. The van der Waals surface area contributed by atoms with Gasteiger partial charge in [0, 0.05) is 12.1 Å². The van der Waals surface area contributed by atoms with E-state index in [4.69, 9.17) is 0 Å². The monoisotopic (exact) mass is 333 g/mol. The Labute approximate surface area is 132 Å². The number of nitro benzene ring substituents is 1. The summed E-state index contributed by atoms with van der Waals surface area (Å²) in [5.74, 6) is 0. The van der Waals surface area contributed by atoms with Gasteiger partial charge in [0.2, 0.25) is 0 Å². The van der Waals surface area contributed by atoms with E-state index in [1.54, 1.807) is 36.4 Å². The first-order chi connectivity index (χ1) is 10.9. The molecule has 5 nitrogen and oxygen atoms in total. The predicted molar refractivity (Wildman–Crippen MR) is 85.9 cm³/mol. The van der Waals surface area contributed by atoms with Crippen molar-refractivity contribution in [2.45, 2.75) is 4.90 Å². The highest BCUT2D eigenvalue weighted by Gasteiger charge is 2.10. The number of nitrogens with zero attached hydrogens (tertiary/aromatic N) is 1. The zero-order valence-electron chi connectivity index (χ0n) is 11.8. The van der Waals surface area contributed by atoms with E-state index >= 15 is 0 Å². The zero-order chi connectivity index (χ0) is 16.9. The van der Waals surface area contributed by atoms with Crippen molar-refractivity contribution in [1.82, 2.24) is 0 Å². The van der Waals surface area contributed by atoms with E-state index in [9.17, 15) is 22.4 Å². The fourth-order valence-corrected chi connectivity index (χ4v) is 2.28. The van der Waals surface area contributed by atoms with Gasteiger partial charge in [-0.15, -0.1) is 3.89 Å². The van der Waals surface area contributed by atoms with E-state index in [1.807, 2.05) is 0 Å². The van der Waals surface area contributed by atoms with Crippen LogP contribution in [0.25, 0.3) is 12.2 Å². The lowest BCUT2D eigenvalue weighted by atomic mass is 10.1. The molecule has 0 radical (unpaired) electrons. The molecule has 0 aliphatic heterocycles. The van der Waals surface area contributed by atoms with Gasteiger partial charge in [-0.25, -0.2) is 0 Å². The van der Waals surface area contributed by atoms with Crippen LogP contribution in [0.5, 0.6) is 0 Å². The predicted octanol–water partition coefficient (Wildman–Crippen LogP) is 3.98. The second-order valence-electron chi connectivity index (χ2n) is 4.58. The first kappa shape index (κ1) is 16.6. The number of rotatable bonds is 5. The fraction of sp³-hybridized carbons (Fsp3) is 0. The van der Waals surface area contributed by atoms with Crippen LogP contribution in [-0.2, 0) is 10.2 Å². The van der Waals surface area contributed by atoms with Crippen molar-refractivity contribution in [1.29, 1.82) is 0 Å². The van der Waals surface area contributed by atoms with Crippen LogP contribution in [0.1, 0.15) is 11.1 Å². The molecule has 0 heterocycles. The van der Waals surface area contributed by atoms with Crippen LogP contribution >= 0.6 is 0 Å². The number of allylic oxidation sites excluding steroid dienone is 2. The minimum absolute atomic E-state index is 0.0131. The molecular weight excluding hydrogens is 321 g/mol. The van der Waals surface area contributed by atoms with Gasteiger partial charge in [-0.05, 0) is 23.3 Å². The molecule has 0 saturated carbocycles. The molecule has 0 aliphatic carbocycles. The molecule has 0 fully saturated rings. The summed E-state index contributed by atoms with van der Waals surface area (Å²) < 4.78 is 34.1. The van der Waals surface area contributed by atoms with Crippen LogP contribution in [-0.4, -0.2) is 13.3 Å². The van der Waals surface area contributed by atoms with Crippen molar-refractivity contribution in [2.75, 3.05) is 0 Å². The Balaban J connectivity index is 2.06. The molecule has 0 unspecified atom stereocenters. The van der Waals surface area contributed by atoms with E-state index in [-0.39, 0.29) is 10.6 Å². The highest BCUT2D eigenvalue weighted by Crippen LogP contribution is 2.15. The second-order valence-corrected chi connectivity index (χ2v) is 5.92. The molecule has 23 heavy (non-hydrogen) atoms. The lowest BCUT2D eigenvalue weighted by Gasteiger charge is -1.96. The molecule has 2 rings (SSSR count). The van der Waals surface area contributed by atoms with Crippen LogP contribution in [0.3, 0.4) is 0 Å². The minimum Gasteiger partial charge on any atom is -0.258 e. The lowest BCUT2D eigenvalue weighted by molar-refractivity contribution is -0.384. The molecule has 0 N–H and O–H groups in total. The number of hydrogen-bond donors (Lipinski definition) is 0. The van der Waals surface area contributed by atoms with Gasteiger partial charge in [-0.2, -0.15) is 8.42 Å². The molecule has 0 saturated heterocycles. The van der Waals surface area contributed by atoms with E-state index in [0.29, 0.717) is 11.1 Å². The molecule has 2 aromatic carbocycles. The van der Waals surface area contributed by atoms with Gasteiger partial charge in [-0.3, -0.25) is 10.1 Å². The highest BCUT2D eigenvalue weighted by molar-refractivity contribution is 7.86. The SMILES string of the molecule is O=[N+]([O-])c1cccc(/C=C/C=C/c2ccc(S(=O)(=O)F)cc2)c1. The summed E-state index contributed by atoms with van der Waals surface area (Å²) in [6, 6.07) is 11.5. The maximum Gasteiger partial charge on any atom is 0.332 e. The minimum atomic E-state index is -4.69. The number of non-ortho nitro benzene ring substituents is 1. The molecule has 0 spiro atoms. The third kappa shape index (κ3) is 4.86. The normalized spacial score (nSPS) is 12.0. The van der Waals surface area contributed by atoms with Gasteiger partial charge >= 0.3 is 10.2 Å². The first-order valence-corrected chi connectivity index (χ1v) is 7.88. The van der Waals surface area contributed by atoms with Gasteiger partial charge < -0.3 is 0 Å². The standard InChI is InChI=1S/C16H12FNO4S/c17-23(21,22)16-10-8-13(9-11-16)4-1-2-5-14-6-3-7-15(12-14)18(19)20/h1-12H/b4-1+,5-2+. The van der Waals surface area contributed by atoms with Crippen LogP contribution in [0.2, 0.25) is 0 Å². The van der Waals surface area contributed by atoms with Crippen LogP contribution < -0.4 is 0 Å². The summed E-state index contributed by atoms with van der Waals surface area (Å²) in [7, 11) is -4.69. The van der Waals surface area contributed by atoms with Crippen molar-refractivity contribution in [3.8, 4) is 0 Å². The van der Waals surface area contributed by atoms with Gasteiger partial charge in [0.05, 0.1) is 9.82 Å². The quantitative estimate of drug-likeness (QED) is 0.359. The van der Waals surface area contributed by atoms with Crippen molar-refractivity contribution in [3.05, 3.63) is 81.9 Å². The number of halogens is 1. The molecule has 0 aliphatic rings. The molecule has 0 bridgehead atoms. The Bertz CT molecular complexity index is 871. The summed E-state index contributed by atoms with van der Waals surface area (Å²) in [5.41, 5.74) is 1.39. The molecular formula is C16H12FNO4S. The average Bonchev–Trinajstić information content (AvgIpc) is 2.51. The number of benzene rings is 2. The second kappa shape index (κ2) is 6.97. The Kier molecular flexibility index (Phi) is 5.02. The van der Waals surface area contributed by atoms with E-state index in [2.05, 4.69) is 0 Å². The first-order valence-electron chi connectivity index (χ1n) is 6.50. The van der Waals surface area contributed by atoms with E-state index in [1.165, 1.54) is 36.4 Å². The van der Waals surface area contributed by atoms with Crippen LogP contribution in [0.15, 0.2) is 65.6 Å². The van der Waals surface area contributed by atoms with Crippen molar-refractivity contribution >= 4 is 28.1 Å². The largest absolute Gasteiger partial charge is 0.332 e. The van der Waals surface area contributed by atoms with Crippen LogP contribution in [0, 0.1) is 10.1 Å². The summed E-state index contributed by atoms with van der Waals surface area (Å²) in [6.07, 6.45) is 6.78. The topological polar surface area (TPSA) is 77.3 Å². The summed E-state index contributed by atoms with van der Waals surface area (Å²) in [5, 5.41) is 10.7. The third-order valence-corrected chi connectivity index (χ3v) is 3.77. The fourth-order valence-electron chi connectivity index (χ4n) is 1.82. The maximum atomic E-state index is 12.7. The van der Waals surface area contributed by atoms with E-state index in [0.717, 1.165) is 0 Å². The molecule has 2 aromatic rings. The van der Waals surface area contributed by atoms with E-state index < -0.39 is 15.1 Å². The Morgan fingerprint density at radius 2 is 1.57 bits per heavy atom. The summed E-state index contributed by atoms with van der Waals surface area (Å²) >= 11 is 0. The molecule has 0 aromatic heterocycles. The average molecular weight is 333 g/mol. The van der Waals surface area contributed by atoms with Gasteiger partial charge in [0.25, 0.3) is 5.69 Å². The third-order valence-electron chi connectivity index (χ3n) is 2.93. The molecule has 0 amide bonds. The van der Waals surface area contributed by atoms with Crippen LogP contribution in [0.4, 0.5) is 9.57 Å². The molecule has 0 atom stereocenters. The lowest BCUT2D eigenvalue weighted by Crippen LogP contribution is -1.90.